The lowest BCUT2D eigenvalue weighted by Crippen LogP contribution is -2.47. The smallest absolute Gasteiger partial charge is 0.195 e. The minimum absolute atomic E-state index is 0.0608. The van der Waals surface area contributed by atoms with Crippen molar-refractivity contribution in [1.82, 2.24) is 8.61 Å². The summed E-state index contributed by atoms with van der Waals surface area (Å²) < 4.78 is 27.1. The Kier molecular flexibility index (Phi) is 6.75. The Bertz CT molecular complexity index is 263. The highest BCUT2D eigenvalue weighted by Crippen LogP contribution is 2.12. The Morgan fingerprint density at radius 2 is 1.67 bits per heavy atom. The topological polar surface area (TPSA) is 40.6 Å². The summed E-state index contributed by atoms with van der Waals surface area (Å²) in [5.41, 5.74) is 0. The first-order valence-electron chi connectivity index (χ1n) is 5.24. The zero-order chi connectivity index (χ0) is 12.1. The number of halogens is 1. The van der Waals surface area contributed by atoms with Gasteiger partial charge >= 0.3 is 0 Å². The van der Waals surface area contributed by atoms with Crippen LogP contribution in [0.15, 0.2) is 0 Å². The van der Waals surface area contributed by atoms with Crippen LogP contribution in [0.4, 0.5) is 0 Å². The van der Waals surface area contributed by atoms with Gasteiger partial charge < -0.3 is 0 Å². The van der Waals surface area contributed by atoms with E-state index in [0.29, 0.717) is 25.5 Å². The molecule has 0 aliphatic carbocycles. The summed E-state index contributed by atoms with van der Waals surface area (Å²) in [6.45, 7) is 8.72. The third-order valence-corrected chi connectivity index (χ3v) is 4.74. The van der Waals surface area contributed by atoms with Crippen molar-refractivity contribution in [3.63, 3.8) is 0 Å². The van der Waals surface area contributed by atoms with Crippen molar-refractivity contribution in [2.24, 2.45) is 0 Å². The molecule has 0 spiro atoms. The minimum atomic E-state index is -3.34. The largest absolute Gasteiger partial charge is 0.282 e. The minimum Gasteiger partial charge on any atom is -0.195 e. The second kappa shape index (κ2) is 6.68. The monoisotopic (exact) mass is 256 g/mol. The molecular formula is C9H21ClN2O2S. The lowest BCUT2D eigenvalue weighted by atomic mass is 10.4. The van der Waals surface area contributed by atoms with Crippen LogP contribution in [0.1, 0.15) is 27.7 Å². The molecule has 0 fully saturated rings. The van der Waals surface area contributed by atoms with E-state index in [1.54, 1.807) is 0 Å². The number of rotatable bonds is 7. The van der Waals surface area contributed by atoms with Crippen LogP contribution in [0, 0.1) is 0 Å². The molecule has 0 aliphatic rings. The molecule has 0 aromatic carbocycles. The summed E-state index contributed by atoms with van der Waals surface area (Å²) in [7, 11) is -3.34. The fourth-order valence-corrected chi connectivity index (χ4v) is 3.51. The van der Waals surface area contributed by atoms with Crippen molar-refractivity contribution < 1.29 is 8.42 Å². The molecule has 0 rings (SSSR count). The van der Waals surface area contributed by atoms with Gasteiger partial charge in [-0.2, -0.15) is 17.0 Å². The maximum absolute atomic E-state index is 12.1. The highest BCUT2D eigenvalue weighted by molar-refractivity contribution is 7.86. The lowest BCUT2D eigenvalue weighted by molar-refractivity contribution is 0.322. The molecule has 0 aromatic heterocycles. The molecule has 0 heterocycles. The van der Waals surface area contributed by atoms with Gasteiger partial charge in [-0.3, -0.25) is 0 Å². The highest BCUT2D eigenvalue weighted by atomic mass is 35.5. The molecule has 6 heteroatoms. The van der Waals surface area contributed by atoms with Gasteiger partial charge in [-0.05, 0) is 13.8 Å². The van der Waals surface area contributed by atoms with Crippen molar-refractivity contribution in [2.45, 2.75) is 33.7 Å². The van der Waals surface area contributed by atoms with E-state index in [2.05, 4.69) is 0 Å². The Hall–Kier alpha value is 0.160. The summed E-state index contributed by atoms with van der Waals surface area (Å²) in [6, 6.07) is -0.0608. The molecular weight excluding hydrogens is 236 g/mol. The Balaban J connectivity index is 4.93. The van der Waals surface area contributed by atoms with Gasteiger partial charge in [-0.25, -0.2) is 0 Å². The number of hydrogen-bond donors (Lipinski definition) is 0. The molecule has 92 valence electrons. The molecule has 0 unspecified atom stereocenters. The quantitative estimate of drug-likeness (QED) is 0.648. The molecule has 0 saturated heterocycles. The number of hydrogen-bond acceptors (Lipinski definition) is 2. The second-order valence-corrected chi connectivity index (χ2v) is 5.74. The predicted molar refractivity (Wildman–Crippen MR) is 64.4 cm³/mol. The molecule has 0 atom stereocenters. The lowest BCUT2D eigenvalue weighted by Gasteiger charge is -2.30. The van der Waals surface area contributed by atoms with Crippen LogP contribution in [0.3, 0.4) is 0 Å². The second-order valence-electron chi connectivity index (χ2n) is 3.49. The Labute approximate surface area is 98.4 Å². The van der Waals surface area contributed by atoms with Crippen LogP contribution in [-0.4, -0.2) is 48.6 Å². The van der Waals surface area contributed by atoms with Crippen LogP contribution < -0.4 is 0 Å². The SMILES string of the molecule is CCN(CC)S(=O)(=O)N(CCCl)C(C)C. The van der Waals surface area contributed by atoms with E-state index in [4.69, 9.17) is 11.6 Å². The summed E-state index contributed by atoms with van der Waals surface area (Å²) >= 11 is 5.61. The van der Waals surface area contributed by atoms with E-state index in [9.17, 15) is 8.42 Å². The predicted octanol–water partition coefficient (Wildman–Crippen LogP) is 1.52. The van der Waals surface area contributed by atoms with Crippen molar-refractivity contribution >= 4 is 21.8 Å². The molecule has 4 nitrogen and oxygen atoms in total. The first-order valence-corrected chi connectivity index (χ1v) is 7.17. The molecule has 0 aromatic rings. The van der Waals surface area contributed by atoms with Crippen molar-refractivity contribution in [3.05, 3.63) is 0 Å². The van der Waals surface area contributed by atoms with Crippen molar-refractivity contribution in [2.75, 3.05) is 25.5 Å². The van der Waals surface area contributed by atoms with Gasteiger partial charge in [0, 0.05) is 31.6 Å². The molecule has 15 heavy (non-hydrogen) atoms. The van der Waals surface area contributed by atoms with Crippen LogP contribution in [-0.2, 0) is 10.2 Å². The molecule has 0 aliphatic heterocycles. The molecule has 0 bridgehead atoms. The van der Waals surface area contributed by atoms with Crippen LogP contribution in [0.2, 0.25) is 0 Å². The number of nitrogens with zero attached hydrogens (tertiary/aromatic N) is 2. The fourth-order valence-electron chi connectivity index (χ4n) is 1.42. The van der Waals surface area contributed by atoms with Gasteiger partial charge in [0.25, 0.3) is 10.2 Å². The standard InChI is InChI=1S/C9H21ClN2O2S/c1-5-11(6-2)15(13,14)12(8-7-10)9(3)4/h9H,5-8H2,1-4H3. The average Bonchev–Trinajstić information content (AvgIpc) is 2.14. The van der Waals surface area contributed by atoms with E-state index in [-0.39, 0.29) is 6.04 Å². The van der Waals surface area contributed by atoms with Gasteiger partial charge in [-0.1, -0.05) is 13.8 Å². The van der Waals surface area contributed by atoms with Crippen molar-refractivity contribution in [1.29, 1.82) is 0 Å². The van der Waals surface area contributed by atoms with E-state index in [1.165, 1.54) is 8.61 Å². The summed E-state index contributed by atoms with van der Waals surface area (Å²) in [5.74, 6) is 0.318. The first-order chi connectivity index (χ1) is 6.91. The maximum Gasteiger partial charge on any atom is 0.282 e. The normalized spacial score (nSPS) is 13.1. The van der Waals surface area contributed by atoms with Crippen LogP contribution >= 0.6 is 11.6 Å². The van der Waals surface area contributed by atoms with Gasteiger partial charge in [0.15, 0.2) is 0 Å². The van der Waals surface area contributed by atoms with E-state index in [1.807, 2.05) is 27.7 Å². The molecule has 0 radical (unpaired) electrons. The summed E-state index contributed by atoms with van der Waals surface area (Å²) in [4.78, 5) is 0. The third kappa shape index (κ3) is 3.90. The Morgan fingerprint density at radius 1 is 1.20 bits per heavy atom. The maximum atomic E-state index is 12.1. The fraction of sp³-hybridized carbons (Fsp3) is 1.00. The highest BCUT2D eigenvalue weighted by Gasteiger charge is 2.28. The number of alkyl halides is 1. The van der Waals surface area contributed by atoms with Crippen molar-refractivity contribution in [3.8, 4) is 0 Å². The van der Waals surface area contributed by atoms with Gasteiger partial charge in [0.1, 0.15) is 0 Å². The van der Waals surface area contributed by atoms with Crippen LogP contribution in [0.5, 0.6) is 0 Å². The van der Waals surface area contributed by atoms with E-state index in [0.717, 1.165) is 0 Å². The summed E-state index contributed by atoms with van der Waals surface area (Å²) in [5, 5.41) is 0. The van der Waals surface area contributed by atoms with Gasteiger partial charge in [-0.15, -0.1) is 11.6 Å². The van der Waals surface area contributed by atoms with E-state index >= 15 is 0 Å². The molecule has 0 saturated carbocycles. The zero-order valence-corrected chi connectivity index (χ0v) is 11.5. The van der Waals surface area contributed by atoms with Crippen LogP contribution in [0.25, 0.3) is 0 Å². The third-order valence-electron chi connectivity index (χ3n) is 2.21. The zero-order valence-electron chi connectivity index (χ0n) is 9.90. The van der Waals surface area contributed by atoms with Gasteiger partial charge in [0.2, 0.25) is 0 Å². The van der Waals surface area contributed by atoms with E-state index < -0.39 is 10.2 Å². The Morgan fingerprint density at radius 3 is 1.93 bits per heavy atom. The molecule has 0 amide bonds. The average molecular weight is 257 g/mol. The van der Waals surface area contributed by atoms with Gasteiger partial charge in [0.05, 0.1) is 0 Å². The summed E-state index contributed by atoms with van der Waals surface area (Å²) in [6.07, 6.45) is 0. The first kappa shape index (κ1) is 15.2. The molecule has 0 N–H and O–H groups in total.